The van der Waals surface area contributed by atoms with E-state index in [1.54, 1.807) is 6.33 Å². The average Bonchev–Trinajstić information content (AvgIpc) is 3.29. The molecule has 0 saturated carbocycles. The molecule has 2 N–H and O–H groups in total. The second-order valence-corrected chi connectivity index (χ2v) is 7.53. The minimum absolute atomic E-state index is 0.0307. The molecule has 0 amide bonds. The molecule has 1 aliphatic heterocycles. The van der Waals surface area contributed by atoms with Gasteiger partial charge in [-0.2, -0.15) is 9.97 Å². The zero-order valence-corrected chi connectivity index (χ0v) is 16.5. The van der Waals surface area contributed by atoms with Crippen molar-refractivity contribution in [2.24, 2.45) is 5.16 Å². The number of anilines is 3. The Labute approximate surface area is 167 Å². The highest BCUT2D eigenvalue weighted by atomic mass is 35.5. The number of benzene rings is 1. The lowest BCUT2D eigenvalue weighted by atomic mass is 10.2. The molecule has 0 bridgehead atoms. The van der Waals surface area contributed by atoms with Crippen LogP contribution < -0.4 is 10.2 Å². The first kappa shape index (κ1) is 18.5. The number of hydrogen-bond acceptors (Lipinski definition) is 7. The van der Waals surface area contributed by atoms with E-state index in [0.717, 1.165) is 30.7 Å². The van der Waals surface area contributed by atoms with E-state index in [2.05, 4.69) is 34.2 Å². The van der Waals surface area contributed by atoms with Gasteiger partial charge in [0.2, 0.25) is 5.95 Å². The smallest absolute Gasteiger partial charge is 0.230 e. The van der Waals surface area contributed by atoms with Crippen LogP contribution in [0.3, 0.4) is 0 Å². The molecule has 146 valence electrons. The molecule has 3 aromatic rings. The summed E-state index contributed by atoms with van der Waals surface area (Å²) in [5.41, 5.74) is 2.28. The third-order valence-electron chi connectivity index (χ3n) is 4.85. The molecule has 1 saturated heterocycles. The molecule has 0 radical (unpaired) electrons. The SMILES string of the molecule is CC(C)n1cnc2c(Nc3cccc(Cl)c3)nc(N3CCCC3/C=N/O)nc21. The molecule has 28 heavy (non-hydrogen) atoms. The van der Waals surface area contributed by atoms with Gasteiger partial charge in [-0.15, -0.1) is 0 Å². The first-order valence-electron chi connectivity index (χ1n) is 9.28. The lowest BCUT2D eigenvalue weighted by Crippen LogP contribution is -2.32. The number of hydrogen-bond donors (Lipinski definition) is 2. The van der Waals surface area contributed by atoms with Crippen molar-refractivity contribution in [3.8, 4) is 0 Å². The minimum Gasteiger partial charge on any atom is -0.411 e. The van der Waals surface area contributed by atoms with Crippen molar-refractivity contribution in [2.75, 3.05) is 16.8 Å². The largest absolute Gasteiger partial charge is 0.411 e. The molecular formula is C19H22ClN7O. The summed E-state index contributed by atoms with van der Waals surface area (Å²) in [6.45, 7) is 4.97. The van der Waals surface area contributed by atoms with E-state index in [0.29, 0.717) is 22.3 Å². The quantitative estimate of drug-likeness (QED) is 0.379. The van der Waals surface area contributed by atoms with Crippen LogP contribution in [0.1, 0.15) is 32.7 Å². The highest BCUT2D eigenvalue weighted by Gasteiger charge is 2.27. The van der Waals surface area contributed by atoms with Crippen LogP contribution in [0.25, 0.3) is 11.2 Å². The molecule has 9 heteroatoms. The molecule has 0 aliphatic carbocycles. The monoisotopic (exact) mass is 399 g/mol. The van der Waals surface area contributed by atoms with Gasteiger partial charge < -0.3 is 20.0 Å². The molecule has 1 fully saturated rings. The number of halogens is 1. The van der Waals surface area contributed by atoms with Crippen LogP contribution in [0, 0.1) is 0 Å². The summed E-state index contributed by atoms with van der Waals surface area (Å²) in [5, 5.41) is 16.2. The lowest BCUT2D eigenvalue weighted by molar-refractivity contribution is 0.319. The number of fused-ring (bicyclic) bond motifs is 1. The van der Waals surface area contributed by atoms with Crippen molar-refractivity contribution in [1.29, 1.82) is 0 Å². The van der Waals surface area contributed by atoms with Gasteiger partial charge in [-0.1, -0.05) is 22.8 Å². The molecule has 1 atom stereocenters. The van der Waals surface area contributed by atoms with Crippen LogP contribution >= 0.6 is 11.6 Å². The van der Waals surface area contributed by atoms with E-state index < -0.39 is 0 Å². The Bertz CT molecular complexity index is 1020. The van der Waals surface area contributed by atoms with Gasteiger partial charge in [-0.3, -0.25) is 0 Å². The summed E-state index contributed by atoms with van der Waals surface area (Å²) in [6, 6.07) is 7.65. The number of aromatic nitrogens is 4. The summed E-state index contributed by atoms with van der Waals surface area (Å²) >= 11 is 6.12. The van der Waals surface area contributed by atoms with E-state index in [9.17, 15) is 0 Å². The third-order valence-corrected chi connectivity index (χ3v) is 5.08. The normalized spacial score (nSPS) is 17.3. The number of rotatable bonds is 5. The minimum atomic E-state index is -0.0307. The van der Waals surface area contributed by atoms with Crippen LogP contribution in [-0.2, 0) is 0 Å². The summed E-state index contributed by atoms with van der Waals surface area (Å²) in [4.78, 5) is 16.1. The Balaban J connectivity index is 1.83. The molecule has 3 heterocycles. The third kappa shape index (κ3) is 3.47. The van der Waals surface area contributed by atoms with Crippen molar-refractivity contribution >= 4 is 46.4 Å². The number of nitrogens with zero attached hydrogens (tertiary/aromatic N) is 6. The summed E-state index contributed by atoms with van der Waals surface area (Å²) in [7, 11) is 0. The molecule has 2 aromatic heterocycles. The van der Waals surface area contributed by atoms with Crippen LogP contribution in [-0.4, -0.2) is 43.5 Å². The fourth-order valence-electron chi connectivity index (χ4n) is 3.47. The zero-order chi connectivity index (χ0) is 19.7. The van der Waals surface area contributed by atoms with Crippen LogP contribution in [0.15, 0.2) is 35.7 Å². The van der Waals surface area contributed by atoms with Crippen molar-refractivity contribution in [3.63, 3.8) is 0 Å². The maximum Gasteiger partial charge on any atom is 0.230 e. The first-order chi connectivity index (χ1) is 13.6. The van der Waals surface area contributed by atoms with Gasteiger partial charge in [0.05, 0.1) is 18.6 Å². The highest BCUT2D eigenvalue weighted by molar-refractivity contribution is 6.30. The van der Waals surface area contributed by atoms with Crippen molar-refractivity contribution in [3.05, 3.63) is 35.6 Å². The van der Waals surface area contributed by atoms with E-state index in [4.69, 9.17) is 26.8 Å². The first-order valence-corrected chi connectivity index (χ1v) is 9.66. The van der Waals surface area contributed by atoms with E-state index in [1.165, 1.54) is 6.21 Å². The van der Waals surface area contributed by atoms with Gasteiger partial charge >= 0.3 is 0 Å². The van der Waals surface area contributed by atoms with Crippen molar-refractivity contribution < 1.29 is 5.21 Å². The predicted octanol–water partition coefficient (Wildman–Crippen LogP) is 4.23. The molecule has 1 aliphatic rings. The van der Waals surface area contributed by atoms with Gasteiger partial charge in [-0.05, 0) is 44.9 Å². The van der Waals surface area contributed by atoms with Gasteiger partial charge in [0.15, 0.2) is 17.0 Å². The van der Waals surface area contributed by atoms with Gasteiger partial charge in [0, 0.05) is 23.3 Å². The number of nitrogens with one attached hydrogen (secondary N) is 1. The van der Waals surface area contributed by atoms with Crippen molar-refractivity contribution in [1.82, 2.24) is 19.5 Å². The predicted molar refractivity (Wildman–Crippen MR) is 111 cm³/mol. The van der Waals surface area contributed by atoms with Crippen LogP contribution in [0.5, 0.6) is 0 Å². The average molecular weight is 400 g/mol. The standard InChI is InChI=1S/C19H22ClN7O/c1-12(2)27-11-21-16-17(23-14-6-3-5-13(20)9-14)24-19(25-18(16)27)26-8-4-7-15(26)10-22-28/h3,5-6,9-12,15,28H,4,7-8H2,1-2H3,(H,23,24,25)/b22-10+. The number of oxime groups is 1. The Morgan fingerprint density at radius 1 is 1.36 bits per heavy atom. The fraction of sp³-hybridized carbons (Fsp3) is 0.368. The van der Waals surface area contributed by atoms with E-state index in [1.807, 2.05) is 28.8 Å². The zero-order valence-electron chi connectivity index (χ0n) is 15.7. The fourth-order valence-corrected chi connectivity index (χ4v) is 3.66. The Kier molecular flexibility index (Phi) is 5.04. The Morgan fingerprint density at radius 2 is 2.21 bits per heavy atom. The maximum atomic E-state index is 8.99. The van der Waals surface area contributed by atoms with Gasteiger partial charge in [-0.25, -0.2) is 4.98 Å². The molecule has 1 unspecified atom stereocenters. The van der Waals surface area contributed by atoms with Crippen molar-refractivity contribution in [2.45, 2.75) is 38.8 Å². The van der Waals surface area contributed by atoms with Gasteiger partial charge in [0.25, 0.3) is 0 Å². The summed E-state index contributed by atoms with van der Waals surface area (Å²) < 4.78 is 2.02. The molecule has 4 rings (SSSR count). The Morgan fingerprint density at radius 3 is 2.96 bits per heavy atom. The van der Waals surface area contributed by atoms with Crippen LogP contribution in [0.4, 0.5) is 17.5 Å². The molecule has 8 nitrogen and oxygen atoms in total. The van der Waals surface area contributed by atoms with E-state index in [-0.39, 0.29) is 12.1 Å². The molecule has 1 aromatic carbocycles. The Hall–Kier alpha value is -2.87. The van der Waals surface area contributed by atoms with E-state index >= 15 is 0 Å². The summed E-state index contributed by atoms with van der Waals surface area (Å²) in [5.74, 6) is 1.20. The van der Waals surface area contributed by atoms with Crippen LogP contribution in [0.2, 0.25) is 5.02 Å². The second kappa shape index (κ2) is 7.63. The second-order valence-electron chi connectivity index (χ2n) is 7.09. The summed E-state index contributed by atoms with van der Waals surface area (Å²) in [6.07, 6.45) is 5.20. The lowest BCUT2D eigenvalue weighted by Gasteiger charge is -2.22. The highest BCUT2D eigenvalue weighted by Crippen LogP contribution is 2.30. The topological polar surface area (TPSA) is 91.5 Å². The molecule has 0 spiro atoms. The molecular weight excluding hydrogens is 378 g/mol. The van der Waals surface area contributed by atoms with Gasteiger partial charge in [0.1, 0.15) is 0 Å². The number of imidazole rings is 1. The maximum absolute atomic E-state index is 8.99.